The molecule has 0 saturated carbocycles. The number of aryl methyl sites for hydroxylation is 1. The maximum Gasteiger partial charge on any atom is 0.245 e. The quantitative estimate of drug-likeness (QED) is 0.429. The number of rotatable bonds is 5. The molecule has 1 fully saturated rings. The number of fused-ring (bicyclic) bond motifs is 1. The molecule has 5 rings (SSSR count). The Bertz CT molecular complexity index is 1430. The van der Waals surface area contributed by atoms with Gasteiger partial charge in [-0.1, -0.05) is 24.3 Å². The lowest BCUT2D eigenvalue weighted by atomic mass is 10.1. The van der Waals surface area contributed by atoms with Gasteiger partial charge in [0.15, 0.2) is 0 Å². The number of para-hydroxylation sites is 1. The van der Waals surface area contributed by atoms with E-state index in [0.717, 1.165) is 22.2 Å². The second-order valence-corrected chi connectivity index (χ2v) is 10.1. The minimum atomic E-state index is -3.72. The van der Waals surface area contributed by atoms with Crippen LogP contribution in [0.5, 0.6) is 0 Å². The number of hydrogen-bond donors (Lipinski definition) is 0. The summed E-state index contributed by atoms with van der Waals surface area (Å²) in [6.45, 7) is 3.10. The number of carbonyl (C=O) groups is 1. The van der Waals surface area contributed by atoms with E-state index in [9.17, 15) is 13.2 Å². The number of benzene rings is 2. The molecule has 0 unspecified atom stereocenters. The third-order valence-electron chi connectivity index (χ3n) is 5.93. The van der Waals surface area contributed by atoms with Crippen molar-refractivity contribution in [2.45, 2.75) is 18.2 Å². The van der Waals surface area contributed by atoms with Crippen LogP contribution in [0, 0.1) is 6.92 Å². The Hall–Kier alpha value is -3.70. The Morgan fingerprint density at radius 1 is 1.03 bits per heavy atom. The maximum atomic E-state index is 13.3. The predicted molar refractivity (Wildman–Crippen MR) is 125 cm³/mol. The summed E-state index contributed by atoms with van der Waals surface area (Å²) in [5.41, 5.74) is 3.11. The fourth-order valence-electron chi connectivity index (χ4n) is 4.10. The first-order valence-electron chi connectivity index (χ1n) is 10.9. The summed E-state index contributed by atoms with van der Waals surface area (Å²) in [6, 6.07) is 14.5. The summed E-state index contributed by atoms with van der Waals surface area (Å²) >= 11 is 0. The van der Waals surface area contributed by atoms with E-state index >= 15 is 0 Å². The van der Waals surface area contributed by atoms with Crippen molar-refractivity contribution in [1.82, 2.24) is 34.4 Å². The number of sulfonamides is 1. The second kappa shape index (κ2) is 8.92. The van der Waals surface area contributed by atoms with Crippen LogP contribution < -0.4 is 0 Å². The number of aromatic nitrogens is 5. The van der Waals surface area contributed by atoms with Gasteiger partial charge in [0.25, 0.3) is 0 Å². The Kier molecular flexibility index (Phi) is 5.80. The topological polar surface area (TPSA) is 114 Å². The summed E-state index contributed by atoms with van der Waals surface area (Å²) in [5.74, 6) is -0.0328. The number of amides is 1. The molecule has 34 heavy (non-hydrogen) atoms. The van der Waals surface area contributed by atoms with Crippen molar-refractivity contribution < 1.29 is 13.2 Å². The summed E-state index contributed by atoms with van der Waals surface area (Å²) < 4.78 is 29.7. The van der Waals surface area contributed by atoms with Crippen LogP contribution in [-0.2, 0) is 21.2 Å². The van der Waals surface area contributed by atoms with Gasteiger partial charge in [-0.15, -0.1) is 5.10 Å². The molecule has 11 heteroatoms. The molecule has 1 amide bonds. The van der Waals surface area contributed by atoms with Gasteiger partial charge >= 0.3 is 0 Å². The van der Waals surface area contributed by atoms with E-state index in [-0.39, 0.29) is 30.3 Å². The van der Waals surface area contributed by atoms with Gasteiger partial charge < -0.3 is 4.90 Å². The van der Waals surface area contributed by atoms with Gasteiger partial charge in [-0.25, -0.2) is 13.1 Å². The first kappa shape index (κ1) is 22.1. The molecule has 0 spiro atoms. The van der Waals surface area contributed by atoms with Crippen molar-refractivity contribution >= 4 is 26.8 Å². The number of hydrogen-bond acceptors (Lipinski definition) is 7. The number of carbonyl (C=O) groups excluding carboxylic acids is 1. The Balaban J connectivity index is 1.24. The molecule has 0 N–H and O–H groups in total. The van der Waals surface area contributed by atoms with E-state index in [1.54, 1.807) is 23.2 Å². The summed E-state index contributed by atoms with van der Waals surface area (Å²) in [5, 5.41) is 11.9. The Labute approximate surface area is 196 Å². The lowest BCUT2D eigenvalue weighted by molar-refractivity contribution is -0.131. The minimum absolute atomic E-state index is 0.0328. The lowest BCUT2D eigenvalue weighted by Gasteiger charge is -2.34. The lowest BCUT2D eigenvalue weighted by Crippen LogP contribution is -2.50. The largest absolute Gasteiger partial charge is 0.340 e. The number of pyridine rings is 1. The van der Waals surface area contributed by atoms with Crippen molar-refractivity contribution in [2.24, 2.45) is 0 Å². The van der Waals surface area contributed by atoms with Crippen LogP contribution in [-0.4, -0.2) is 74.9 Å². The zero-order chi connectivity index (χ0) is 23.7. The van der Waals surface area contributed by atoms with Crippen LogP contribution >= 0.6 is 0 Å². The number of nitrogens with zero attached hydrogens (tertiary/aromatic N) is 7. The van der Waals surface area contributed by atoms with E-state index in [2.05, 4.69) is 20.5 Å². The van der Waals surface area contributed by atoms with E-state index in [0.29, 0.717) is 18.6 Å². The van der Waals surface area contributed by atoms with E-state index in [4.69, 9.17) is 0 Å². The zero-order valence-corrected chi connectivity index (χ0v) is 19.4. The molecule has 174 valence electrons. The van der Waals surface area contributed by atoms with Gasteiger partial charge in [0.1, 0.15) is 11.2 Å². The number of piperazine rings is 1. The van der Waals surface area contributed by atoms with Crippen LogP contribution in [0.4, 0.5) is 0 Å². The molecule has 1 aliphatic heterocycles. The molecule has 0 aliphatic carbocycles. The monoisotopic (exact) mass is 477 g/mol. The van der Waals surface area contributed by atoms with Crippen molar-refractivity contribution in [3.8, 4) is 5.69 Å². The van der Waals surface area contributed by atoms with Crippen LogP contribution in [0.25, 0.3) is 16.6 Å². The van der Waals surface area contributed by atoms with Crippen molar-refractivity contribution in [1.29, 1.82) is 0 Å². The van der Waals surface area contributed by atoms with Crippen molar-refractivity contribution in [3.63, 3.8) is 0 Å². The molecule has 0 atom stereocenters. The van der Waals surface area contributed by atoms with Gasteiger partial charge in [-0.2, -0.15) is 4.31 Å². The average Bonchev–Trinajstić information content (AvgIpc) is 3.39. The molecule has 10 nitrogen and oxygen atoms in total. The third kappa shape index (κ3) is 4.27. The van der Waals surface area contributed by atoms with Crippen molar-refractivity contribution in [2.75, 3.05) is 26.2 Å². The highest BCUT2D eigenvalue weighted by atomic mass is 32.2. The predicted octanol–water partition coefficient (Wildman–Crippen LogP) is 1.59. The maximum absolute atomic E-state index is 13.3. The Morgan fingerprint density at radius 2 is 1.79 bits per heavy atom. The molecule has 2 aromatic heterocycles. The van der Waals surface area contributed by atoms with Gasteiger partial charge in [0.05, 0.1) is 17.6 Å². The average molecular weight is 478 g/mol. The van der Waals surface area contributed by atoms with Crippen molar-refractivity contribution in [3.05, 3.63) is 72.2 Å². The minimum Gasteiger partial charge on any atom is -0.340 e. The molecule has 2 aromatic carbocycles. The van der Waals surface area contributed by atoms with Crippen LogP contribution in [0.15, 0.2) is 66.0 Å². The molecule has 1 aliphatic rings. The molecular weight excluding hydrogens is 454 g/mol. The Morgan fingerprint density at radius 3 is 2.50 bits per heavy atom. The SMILES string of the molecule is Cc1cnc2c(S(=O)(=O)N3CCN(C(=O)Cc4ccc(-n5cnnn5)cc4)CC3)cccc2c1. The highest BCUT2D eigenvalue weighted by Crippen LogP contribution is 2.25. The van der Waals surface area contributed by atoms with Crippen LogP contribution in [0.3, 0.4) is 0 Å². The summed E-state index contributed by atoms with van der Waals surface area (Å²) in [4.78, 5) is 19.1. The highest BCUT2D eigenvalue weighted by Gasteiger charge is 2.31. The first-order valence-corrected chi connectivity index (χ1v) is 12.3. The van der Waals surface area contributed by atoms with Gasteiger partial charge in [-0.3, -0.25) is 9.78 Å². The fraction of sp³-hybridized carbons (Fsp3) is 0.261. The smallest absolute Gasteiger partial charge is 0.245 e. The standard InChI is InChI=1S/C23H23N7O3S/c1-17-13-19-3-2-4-21(23(19)24-15-17)34(32,33)29-11-9-28(10-12-29)22(31)14-18-5-7-20(8-6-18)30-16-25-26-27-30/h2-8,13,15-16H,9-12,14H2,1H3. The van der Waals surface area contributed by atoms with E-state index in [1.165, 1.54) is 15.3 Å². The summed E-state index contributed by atoms with van der Waals surface area (Å²) in [6.07, 6.45) is 3.42. The molecule has 3 heterocycles. The van der Waals surface area contributed by atoms with Crippen LogP contribution in [0.2, 0.25) is 0 Å². The van der Waals surface area contributed by atoms with E-state index < -0.39 is 10.0 Å². The first-order chi connectivity index (χ1) is 16.4. The molecule has 0 bridgehead atoms. The second-order valence-electron chi connectivity index (χ2n) is 8.22. The summed E-state index contributed by atoms with van der Waals surface area (Å²) in [7, 11) is -3.72. The van der Waals surface area contributed by atoms with Gasteiger partial charge in [-0.05, 0) is 52.7 Å². The number of tetrazole rings is 1. The molecule has 4 aromatic rings. The molecule has 0 radical (unpaired) electrons. The van der Waals surface area contributed by atoms with Gasteiger partial charge in [0, 0.05) is 37.8 Å². The highest BCUT2D eigenvalue weighted by molar-refractivity contribution is 7.89. The van der Waals surface area contributed by atoms with Crippen LogP contribution in [0.1, 0.15) is 11.1 Å². The van der Waals surface area contributed by atoms with E-state index in [1.807, 2.05) is 43.3 Å². The molecule has 1 saturated heterocycles. The zero-order valence-electron chi connectivity index (χ0n) is 18.6. The molecular formula is C23H23N7O3S. The fourth-order valence-corrected chi connectivity index (χ4v) is 5.69. The third-order valence-corrected chi connectivity index (χ3v) is 7.86. The van der Waals surface area contributed by atoms with Gasteiger partial charge in [0.2, 0.25) is 15.9 Å². The normalized spacial score (nSPS) is 15.0.